The number of hydrogen-bond acceptors (Lipinski definition) is 3. The summed E-state index contributed by atoms with van der Waals surface area (Å²) in [6, 6.07) is 0. The number of hydrogen-bond donors (Lipinski definition) is 1. The van der Waals surface area contributed by atoms with Gasteiger partial charge in [-0.05, 0) is 37.5 Å². The maximum absolute atomic E-state index is 5.90. The van der Waals surface area contributed by atoms with Crippen molar-refractivity contribution >= 4 is 0 Å². The molecule has 1 heterocycles. The van der Waals surface area contributed by atoms with E-state index in [0.717, 1.165) is 13.0 Å². The second-order valence-electron chi connectivity index (χ2n) is 8.52. The van der Waals surface area contributed by atoms with Gasteiger partial charge in [0.15, 0.2) is 0 Å². The van der Waals surface area contributed by atoms with Crippen molar-refractivity contribution in [2.24, 2.45) is 17.3 Å². The molecule has 0 aliphatic carbocycles. The van der Waals surface area contributed by atoms with Gasteiger partial charge >= 0.3 is 0 Å². The molecule has 0 aromatic carbocycles. The van der Waals surface area contributed by atoms with Crippen molar-refractivity contribution < 1.29 is 9.47 Å². The van der Waals surface area contributed by atoms with Crippen LogP contribution in [0.15, 0.2) is 0 Å². The molecular weight excluding hydrogens is 262 g/mol. The maximum Gasteiger partial charge on any atom is 0.0969 e. The van der Waals surface area contributed by atoms with Crippen LogP contribution < -0.4 is 5.32 Å². The van der Waals surface area contributed by atoms with Gasteiger partial charge in [0.05, 0.1) is 25.5 Å². The lowest BCUT2D eigenvalue weighted by molar-refractivity contribution is 0.0600. The summed E-state index contributed by atoms with van der Waals surface area (Å²) >= 11 is 0. The van der Waals surface area contributed by atoms with Crippen molar-refractivity contribution in [3.63, 3.8) is 0 Å². The average Bonchev–Trinajstić information content (AvgIpc) is 3.13. The van der Waals surface area contributed by atoms with Crippen LogP contribution in [0, 0.1) is 17.3 Å². The van der Waals surface area contributed by atoms with Gasteiger partial charge in [-0.3, -0.25) is 5.32 Å². The Balaban J connectivity index is 2.34. The van der Waals surface area contributed by atoms with Crippen molar-refractivity contribution in [3.05, 3.63) is 0 Å². The van der Waals surface area contributed by atoms with E-state index in [9.17, 15) is 0 Å². The minimum absolute atomic E-state index is 0.0619. The normalized spacial score (nSPS) is 24.4. The summed E-state index contributed by atoms with van der Waals surface area (Å²) in [4.78, 5) is 0. The minimum Gasteiger partial charge on any atom is -0.369 e. The van der Waals surface area contributed by atoms with Gasteiger partial charge in [0.2, 0.25) is 0 Å². The SMILES string of the molecule is CCC(C)COCNC(C)(C)CC(C)(C)C1OC1C(C)C. The molecule has 1 N–H and O–H groups in total. The Hall–Kier alpha value is -0.120. The predicted molar refractivity (Wildman–Crippen MR) is 89.4 cm³/mol. The summed E-state index contributed by atoms with van der Waals surface area (Å²) in [6.07, 6.45) is 3.10. The van der Waals surface area contributed by atoms with Crippen LogP contribution in [0.1, 0.15) is 68.2 Å². The topological polar surface area (TPSA) is 33.8 Å². The molecule has 1 aliphatic heterocycles. The van der Waals surface area contributed by atoms with Crippen molar-refractivity contribution in [2.45, 2.75) is 86.0 Å². The molecule has 0 amide bonds. The second kappa shape index (κ2) is 7.43. The van der Waals surface area contributed by atoms with Gasteiger partial charge in [-0.15, -0.1) is 0 Å². The highest BCUT2D eigenvalue weighted by Gasteiger charge is 2.52. The van der Waals surface area contributed by atoms with Crippen molar-refractivity contribution in [2.75, 3.05) is 13.3 Å². The molecule has 1 fully saturated rings. The van der Waals surface area contributed by atoms with Crippen LogP contribution in [0.25, 0.3) is 0 Å². The first-order valence-electron chi connectivity index (χ1n) is 8.57. The molecule has 0 aromatic heterocycles. The smallest absolute Gasteiger partial charge is 0.0969 e. The summed E-state index contributed by atoms with van der Waals surface area (Å²) in [7, 11) is 0. The van der Waals surface area contributed by atoms with E-state index in [0.29, 0.717) is 30.8 Å². The van der Waals surface area contributed by atoms with E-state index in [1.165, 1.54) is 6.42 Å². The van der Waals surface area contributed by atoms with Gasteiger partial charge in [-0.2, -0.15) is 0 Å². The molecule has 21 heavy (non-hydrogen) atoms. The van der Waals surface area contributed by atoms with E-state index in [2.05, 4.69) is 60.7 Å². The third-order valence-corrected chi connectivity index (χ3v) is 4.60. The molecule has 3 atom stereocenters. The lowest BCUT2D eigenvalue weighted by Gasteiger charge is -2.35. The number of nitrogens with one attached hydrogen (secondary N) is 1. The molecule has 1 aliphatic rings. The summed E-state index contributed by atoms with van der Waals surface area (Å²) in [5.41, 5.74) is 0.259. The predicted octanol–water partition coefficient (Wildman–Crippen LogP) is 4.21. The number of ether oxygens (including phenoxy) is 2. The van der Waals surface area contributed by atoms with Crippen LogP contribution in [0.2, 0.25) is 0 Å². The Kier molecular flexibility index (Phi) is 6.70. The first-order valence-corrected chi connectivity index (χ1v) is 8.57. The Morgan fingerprint density at radius 3 is 2.24 bits per heavy atom. The highest BCUT2D eigenvalue weighted by Crippen LogP contribution is 2.46. The fraction of sp³-hybridized carbons (Fsp3) is 1.00. The molecule has 0 aromatic rings. The summed E-state index contributed by atoms with van der Waals surface area (Å²) in [5, 5.41) is 3.54. The van der Waals surface area contributed by atoms with Crippen LogP contribution in [-0.2, 0) is 9.47 Å². The molecule has 126 valence electrons. The van der Waals surface area contributed by atoms with Crippen molar-refractivity contribution in [1.29, 1.82) is 0 Å². The number of epoxide rings is 1. The molecule has 0 spiro atoms. The standard InChI is InChI=1S/C18H37NO2/c1-9-14(4)10-20-12-19-18(7,8)11-17(5,6)16-15(21-16)13(2)3/h13-16,19H,9-12H2,1-8H3. The second-order valence-corrected chi connectivity index (χ2v) is 8.52. The average molecular weight is 299 g/mol. The van der Waals surface area contributed by atoms with Gasteiger partial charge in [0.25, 0.3) is 0 Å². The van der Waals surface area contributed by atoms with Crippen molar-refractivity contribution in [1.82, 2.24) is 5.32 Å². The van der Waals surface area contributed by atoms with Gasteiger partial charge < -0.3 is 9.47 Å². The third-order valence-electron chi connectivity index (χ3n) is 4.60. The van der Waals surface area contributed by atoms with Crippen molar-refractivity contribution in [3.8, 4) is 0 Å². The van der Waals surface area contributed by atoms with Crippen LogP contribution in [0.3, 0.4) is 0 Å². The third kappa shape index (κ3) is 6.25. The van der Waals surface area contributed by atoms with Gasteiger partial charge in [-0.1, -0.05) is 48.0 Å². The molecule has 3 nitrogen and oxygen atoms in total. The highest BCUT2D eigenvalue weighted by molar-refractivity contribution is 5.00. The first-order chi connectivity index (χ1) is 9.59. The fourth-order valence-electron chi connectivity index (χ4n) is 3.19. The van der Waals surface area contributed by atoms with E-state index >= 15 is 0 Å². The van der Waals surface area contributed by atoms with E-state index in [1.54, 1.807) is 0 Å². The van der Waals surface area contributed by atoms with Gasteiger partial charge in [0, 0.05) is 5.54 Å². The molecule has 0 bridgehead atoms. The van der Waals surface area contributed by atoms with E-state index < -0.39 is 0 Å². The maximum atomic E-state index is 5.90. The highest BCUT2D eigenvalue weighted by atomic mass is 16.6. The van der Waals surface area contributed by atoms with E-state index in [-0.39, 0.29) is 11.0 Å². The van der Waals surface area contributed by atoms with E-state index in [4.69, 9.17) is 9.47 Å². The molecule has 1 saturated heterocycles. The first kappa shape index (κ1) is 18.9. The Bertz CT molecular complexity index is 312. The zero-order valence-electron chi connectivity index (χ0n) is 15.5. The quantitative estimate of drug-likeness (QED) is 0.372. The molecule has 3 heteroatoms. The zero-order valence-corrected chi connectivity index (χ0v) is 15.5. The Morgan fingerprint density at radius 1 is 1.14 bits per heavy atom. The lowest BCUT2D eigenvalue weighted by atomic mass is 9.76. The molecular formula is C18H37NO2. The van der Waals surface area contributed by atoms with Gasteiger partial charge in [-0.25, -0.2) is 0 Å². The summed E-state index contributed by atoms with van der Waals surface area (Å²) in [6.45, 7) is 19.5. The van der Waals surface area contributed by atoms with Crippen LogP contribution in [0.5, 0.6) is 0 Å². The minimum atomic E-state index is 0.0619. The molecule has 1 rings (SSSR count). The zero-order chi connectivity index (χ0) is 16.3. The lowest BCUT2D eigenvalue weighted by Crippen LogP contribution is -2.45. The largest absolute Gasteiger partial charge is 0.369 e. The van der Waals surface area contributed by atoms with Crippen LogP contribution >= 0.6 is 0 Å². The molecule has 0 saturated carbocycles. The summed E-state index contributed by atoms with van der Waals surface area (Å²) < 4.78 is 11.6. The number of rotatable bonds is 10. The monoisotopic (exact) mass is 299 g/mol. The summed E-state index contributed by atoms with van der Waals surface area (Å²) in [5.74, 6) is 1.25. The van der Waals surface area contributed by atoms with Crippen LogP contribution in [-0.4, -0.2) is 31.1 Å². The Morgan fingerprint density at radius 2 is 1.76 bits per heavy atom. The van der Waals surface area contributed by atoms with Crippen LogP contribution in [0.4, 0.5) is 0 Å². The molecule has 0 radical (unpaired) electrons. The Labute approximate surface area is 132 Å². The van der Waals surface area contributed by atoms with Gasteiger partial charge in [0.1, 0.15) is 0 Å². The molecule has 3 unspecified atom stereocenters. The fourth-order valence-corrected chi connectivity index (χ4v) is 3.19. The van der Waals surface area contributed by atoms with E-state index in [1.807, 2.05) is 0 Å².